The summed E-state index contributed by atoms with van der Waals surface area (Å²) >= 11 is -1.67. The van der Waals surface area contributed by atoms with Gasteiger partial charge in [-0.25, -0.2) is 4.39 Å². The van der Waals surface area contributed by atoms with E-state index in [1.54, 1.807) is 30.3 Å². The first-order valence-electron chi connectivity index (χ1n) is 5.91. The molecule has 100 valence electrons. The van der Waals surface area contributed by atoms with Gasteiger partial charge >= 0.3 is 0 Å². The number of halogens is 1. The quantitative estimate of drug-likeness (QED) is 0.647. The summed E-state index contributed by atoms with van der Waals surface area (Å²) in [4.78, 5) is 12.7. The minimum atomic E-state index is -1.67. The van der Waals surface area contributed by atoms with Crippen LogP contribution in [0.5, 0.6) is 0 Å². The molecular formula is C15H10FNO2S. The fourth-order valence-electron chi connectivity index (χ4n) is 2.16. The van der Waals surface area contributed by atoms with Gasteiger partial charge in [0.15, 0.2) is 4.90 Å². The average molecular weight is 287 g/mol. The Hall–Kier alpha value is -2.11. The van der Waals surface area contributed by atoms with Gasteiger partial charge in [0, 0.05) is 16.7 Å². The summed E-state index contributed by atoms with van der Waals surface area (Å²) in [6.07, 6.45) is 0. The van der Waals surface area contributed by atoms with Gasteiger partial charge in [0.05, 0.1) is 5.56 Å². The molecule has 2 aromatic carbocycles. The Morgan fingerprint density at radius 3 is 2.45 bits per heavy atom. The lowest BCUT2D eigenvalue weighted by Gasteiger charge is -2.08. The van der Waals surface area contributed by atoms with Crippen molar-refractivity contribution in [2.24, 2.45) is 5.73 Å². The summed E-state index contributed by atoms with van der Waals surface area (Å²) in [5, 5.41) is 0. The van der Waals surface area contributed by atoms with Crippen LogP contribution in [0.4, 0.5) is 4.39 Å². The molecular weight excluding hydrogens is 277 g/mol. The van der Waals surface area contributed by atoms with Crippen LogP contribution in [-0.2, 0) is 11.2 Å². The molecule has 0 spiro atoms. The third-order valence-electron chi connectivity index (χ3n) is 3.13. The molecule has 1 heterocycles. The van der Waals surface area contributed by atoms with E-state index in [1.165, 1.54) is 18.2 Å². The van der Waals surface area contributed by atoms with Crippen molar-refractivity contribution >= 4 is 22.7 Å². The Kier molecular flexibility index (Phi) is 3.08. The number of rotatable bonds is 1. The summed E-state index contributed by atoms with van der Waals surface area (Å²) in [5.41, 5.74) is 6.28. The Balaban J connectivity index is 2.19. The molecule has 3 rings (SSSR count). The molecule has 1 aliphatic rings. The molecule has 2 N–H and O–H groups in total. The van der Waals surface area contributed by atoms with Crippen LogP contribution in [0.25, 0.3) is 5.70 Å². The van der Waals surface area contributed by atoms with Crippen LogP contribution < -0.4 is 5.73 Å². The predicted octanol–water partition coefficient (Wildman–Crippen LogP) is 2.46. The van der Waals surface area contributed by atoms with Gasteiger partial charge in [-0.2, -0.15) is 0 Å². The number of carbonyl (C=O) groups is 1. The second-order valence-corrected chi connectivity index (χ2v) is 5.70. The van der Waals surface area contributed by atoms with Crippen LogP contribution >= 0.6 is 0 Å². The highest BCUT2D eigenvalue weighted by molar-refractivity contribution is 7.97. The van der Waals surface area contributed by atoms with Crippen LogP contribution in [0.15, 0.2) is 58.3 Å². The minimum Gasteiger partial charge on any atom is -0.606 e. The number of nitrogens with two attached hydrogens (primary N) is 1. The number of fused-ring (bicyclic) bond motifs is 1. The first-order valence-corrected chi connectivity index (χ1v) is 7.06. The molecule has 1 unspecified atom stereocenters. The smallest absolute Gasteiger partial charge is 0.248 e. The molecule has 0 radical (unpaired) electrons. The van der Waals surface area contributed by atoms with Gasteiger partial charge < -0.3 is 10.3 Å². The summed E-state index contributed by atoms with van der Waals surface area (Å²) < 4.78 is 26.1. The van der Waals surface area contributed by atoms with Crippen molar-refractivity contribution in [1.29, 1.82) is 0 Å². The number of hydrogen-bond donors (Lipinski definition) is 1. The monoisotopic (exact) mass is 287 g/mol. The molecule has 2 aromatic rings. The molecule has 20 heavy (non-hydrogen) atoms. The zero-order valence-electron chi connectivity index (χ0n) is 10.3. The predicted molar refractivity (Wildman–Crippen MR) is 74.7 cm³/mol. The second-order valence-electron chi connectivity index (χ2n) is 4.32. The topological polar surface area (TPSA) is 66.2 Å². The summed E-state index contributed by atoms with van der Waals surface area (Å²) in [7, 11) is 0. The Labute approximate surface area is 118 Å². The Morgan fingerprint density at radius 2 is 1.75 bits per heavy atom. The standard InChI is InChI=1S/C15H10FNO2S/c16-11-7-3-1-5-9(11)13(17)15-14(18)10-6-2-4-8-12(10)20(15)19/h1-8H,17H2. The molecule has 0 aromatic heterocycles. The number of benzene rings is 2. The molecule has 3 nitrogen and oxygen atoms in total. The van der Waals surface area contributed by atoms with Crippen molar-refractivity contribution in [1.82, 2.24) is 0 Å². The van der Waals surface area contributed by atoms with E-state index >= 15 is 0 Å². The maximum atomic E-state index is 13.8. The number of Topliss-reactive ketones (excluding diaryl/α,β-unsaturated/α-hetero) is 1. The number of allylic oxidation sites excluding steroid dienone is 1. The first kappa shape index (κ1) is 12.9. The molecule has 1 aliphatic heterocycles. The van der Waals surface area contributed by atoms with Gasteiger partial charge in [0.25, 0.3) is 0 Å². The summed E-state index contributed by atoms with van der Waals surface area (Å²) in [6.45, 7) is 0. The first-order chi connectivity index (χ1) is 9.61. The second kappa shape index (κ2) is 4.77. The van der Waals surface area contributed by atoms with E-state index in [4.69, 9.17) is 5.73 Å². The lowest BCUT2D eigenvalue weighted by atomic mass is 10.1. The molecule has 0 saturated carbocycles. The van der Waals surface area contributed by atoms with E-state index in [1.807, 2.05) is 0 Å². The zero-order chi connectivity index (χ0) is 14.3. The minimum absolute atomic E-state index is 0.0451. The Bertz CT molecular complexity index is 742. The van der Waals surface area contributed by atoms with Crippen molar-refractivity contribution in [2.45, 2.75) is 4.90 Å². The van der Waals surface area contributed by atoms with Crippen molar-refractivity contribution < 1.29 is 13.7 Å². The molecule has 0 aliphatic carbocycles. The van der Waals surface area contributed by atoms with Crippen LogP contribution in [0, 0.1) is 5.82 Å². The molecule has 0 amide bonds. The molecule has 0 bridgehead atoms. The van der Waals surface area contributed by atoms with Crippen molar-refractivity contribution in [3.63, 3.8) is 0 Å². The van der Waals surface area contributed by atoms with E-state index < -0.39 is 22.8 Å². The number of ketones is 1. The fourth-order valence-corrected chi connectivity index (χ4v) is 3.53. The van der Waals surface area contributed by atoms with Crippen molar-refractivity contribution in [3.05, 3.63) is 70.4 Å². The SMILES string of the molecule is NC(=C1C(=O)c2ccccc2[S+]1[O-])c1ccccc1F. The lowest BCUT2D eigenvalue weighted by molar-refractivity contribution is 0.104. The van der Waals surface area contributed by atoms with Gasteiger partial charge in [-0.05, 0) is 24.3 Å². The highest BCUT2D eigenvalue weighted by atomic mass is 32.2. The Morgan fingerprint density at radius 1 is 1.10 bits per heavy atom. The molecule has 0 saturated heterocycles. The summed E-state index contributed by atoms with van der Waals surface area (Å²) in [5.74, 6) is -0.946. The highest BCUT2D eigenvalue weighted by Crippen LogP contribution is 2.36. The van der Waals surface area contributed by atoms with Crippen LogP contribution in [-0.4, -0.2) is 10.3 Å². The van der Waals surface area contributed by atoms with Gasteiger partial charge in [-0.1, -0.05) is 24.3 Å². The van der Waals surface area contributed by atoms with E-state index in [0.29, 0.717) is 10.5 Å². The molecule has 0 fully saturated rings. The van der Waals surface area contributed by atoms with Gasteiger partial charge in [0.2, 0.25) is 10.7 Å². The van der Waals surface area contributed by atoms with Crippen LogP contribution in [0.2, 0.25) is 0 Å². The van der Waals surface area contributed by atoms with E-state index in [2.05, 4.69) is 0 Å². The fraction of sp³-hybridized carbons (Fsp3) is 0. The normalized spacial score (nSPS) is 19.9. The maximum absolute atomic E-state index is 13.8. The number of hydrogen-bond acceptors (Lipinski definition) is 3. The zero-order valence-corrected chi connectivity index (χ0v) is 11.1. The van der Waals surface area contributed by atoms with Crippen molar-refractivity contribution in [3.8, 4) is 0 Å². The third-order valence-corrected chi connectivity index (χ3v) is 4.66. The van der Waals surface area contributed by atoms with Gasteiger partial charge in [0.1, 0.15) is 11.5 Å². The largest absolute Gasteiger partial charge is 0.606 e. The highest BCUT2D eigenvalue weighted by Gasteiger charge is 2.41. The van der Waals surface area contributed by atoms with E-state index in [-0.39, 0.29) is 16.2 Å². The average Bonchev–Trinajstić information content (AvgIpc) is 2.71. The third kappa shape index (κ3) is 1.83. The van der Waals surface area contributed by atoms with E-state index in [0.717, 1.165) is 0 Å². The van der Waals surface area contributed by atoms with E-state index in [9.17, 15) is 13.7 Å². The molecule has 1 atom stereocenters. The summed E-state index contributed by atoms with van der Waals surface area (Å²) in [6, 6.07) is 12.5. The maximum Gasteiger partial charge on any atom is 0.248 e. The van der Waals surface area contributed by atoms with Gasteiger partial charge in [-0.3, -0.25) is 4.79 Å². The van der Waals surface area contributed by atoms with Crippen molar-refractivity contribution in [2.75, 3.05) is 0 Å². The van der Waals surface area contributed by atoms with Crippen LogP contribution in [0.1, 0.15) is 15.9 Å². The molecule has 5 heteroatoms. The van der Waals surface area contributed by atoms with Crippen LogP contribution in [0.3, 0.4) is 0 Å². The lowest BCUT2D eigenvalue weighted by Crippen LogP contribution is -2.12. The number of carbonyl (C=O) groups excluding carboxylic acids is 1. The van der Waals surface area contributed by atoms with Gasteiger partial charge in [-0.15, -0.1) is 0 Å².